The molecule has 3 nitrogen and oxygen atoms in total. The summed E-state index contributed by atoms with van der Waals surface area (Å²) in [6.07, 6.45) is 4.98. The second-order valence-electron chi connectivity index (χ2n) is 5.71. The molecule has 0 bridgehead atoms. The van der Waals surface area contributed by atoms with Crippen molar-refractivity contribution in [3.8, 4) is 0 Å². The third-order valence-electron chi connectivity index (χ3n) is 4.18. The summed E-state index contributed by atoms with van der Waals surface area (Å²) in [7, 11) is 0. The van der Waals surface area contributed by atoms with Gasteiger partial charge in [0.25, 0.3) is 0 Å². The van der Waals surface area contributed by atoms with Gasteiger partial charge in [0.1, 0.15) is 0 Å². The summed E-state index contributed by atoms with van der Waals surface area (Å²) in [6.45, 7) is 9.23. The molecule has 0 radical (unpaired) electrons. The molecule has 2 N–H and O–H groups in total. The topological polar surface area (TPSA) is 46.3 Å². The number of hydrogen-bond donors (Lipinski definition) is 1. The second-order valence-corrected chi connectivity index (χ2v) is 5.71. The normalized spacial score (nSPS) is 31.0. The maximum Gasteiger partial charge on any atom is 0.242 e. The van der Waals surface area contributed by atoms with Gasteiger partial charge in [-0.3, -0.25) is 4.79 Å². The van der Waals surface area contributed by atoms with E-state index in [4.69, 9.17) is 5.73 Å². The second kappa shape index (κ2) is 5.85. The number of nitrogens with zero attached hydrogens (tertiary/aromatic N) is 1. The fraction of sp³-hybridized carbons (Fsp3) is 0.929. The number of hydrogen-bond acceptors (Lipinski definition) is 2. The fourth-order valence-electron chi connectivity index (χ4n) is 2.95. The van der Waals surface area contributed by atoms with Crippen LogP contribution in [0, 0.1) is 5.92 Å². The SMILES string of the molecule is CCC(C)N(CC)C(=O)C1(N)CCCC(C)C1. The molecule has 0 heterocycles. The van der Waals surface area contributed by atoms with Gasteiger partial charge in [0, 0.05) is 12.6 Å². The van der Waals surface area contributed by atoms with E-state index in [0.29, 0.717) is 12.0 Å². The Morgan fingerprint density at radius 2 is 2.18 bits per heavy atom. The molecule has 3 unspecified atom stereocenters. The van der Waals surface area contributed by atoms with Crippen LogP contribution in [0.4, 0.5) is 0 Å². The van der Waals surface area contributed by atoms with Crippen molar-refractivity contribution < 1.29 is 4.79 Å². The van der Waals surface area contributed by atoms with Crippen molar-refractivity contribution in [3.05, 3.63) is 0 Å². The number of nitrogens with two attached hydrogens (primary N) is 1. The zero-order valence-corrected chi connectivity index (χ0v) is 11.8. The Labute approximate surface area is 106 Å². The van der Waals surface area contributed by atoms with Crippen LogP contribution in [-0.2, 0) is 4.79 Å². The Kier molecular flexibility index (Phi) is 4.99. The summed E-state index contributed by atoms with van der Waals surface area (Å²) in [5.74, 6) is 0.745. The summed E-state index contributed by atoms with van der Waals surface area (Å²) in [6, 6.07) is 0.296. The number of rotatable bonds is 4. The highest BCUT2D eigenvalue weighted by Gasteiger charge is 2.40. The number of carbonyl (C=O) groups is 1. The first kappa shape index (κ1) is 14.5. The van der Waals surface area contributed by atoms with Crippen LogP contribution in [0.1, 0.15) is 59.8 Å². The number of amides is 1. The van der Waals surface area contributed by atoms with Gasteiger partial charge < -0.3 is 10.6 Å². The number of carbonyl (C=O) groups excluding carboxylic acids is 1. The Balaban J connectivity index is 2.78. The molecule has 0 spiro atoms. The summed E-state index contributed by atoms with van der Waals surface area (Å²) < 4.78 is 0. The van der Waals surface area contributed by atoms with Gasteiger partial charge in [0.15, 0.2) is 0 Å². The predicted octanol–water partition coefficient (Wildman–Crippen LogP) is 2.54. The molecule has 1 amide bonds. The van der Waals surface area contributed by atoms with E-state index in [9.17, 15) is 4.79 Å². The van der Waals surface area contributed by atoms with Crippen molar-refractivity contribution in [1.29, 1.82) is 0 Å². The molecule has 0 saturated heterocycles. The lowest BCUT2D eigenvalue weighted by Crippen LogP contribution is -2.59. The monoisotopic (exact) mass is 240 g/mol. The van der Waals surface area contributed by atoms with Crippen molar-refractivity contribution in [2.24, 2.45) is 11.7 Å². The lowest BCUT2D eigenvalue weighted by atomic mass is 9.76. The lowest BCUT2D eigenvalue weighted by molar-refractivity contribution is -0.140. The van der Waals surface area contributed by atoms with Crippen LogP contribution < -0.4 is 5.73 Å². The van der Waals surface area contributed by atoms with Gasteiger partial charge in [0.05, 0.1) is 5.54 Å². The standard InChI is InChI=1S/C14H28N2O/c1-5-12(4)16(6-2)13(17)14(15)9-7-8-11(3)10-14/h11-12H,5-10,15H2,1-4H3. The lowest BCUT2D eigenvalue weighted by Gasteiger charge is -2.40. The van der Waals surface area contributed by atoms with Gasteiger partial charge in [0.2, 0.25) is 5.91 Å². The average Bonchev–Trinajstić information content (AvgIpc) is 2.29. The Bertz CT molecular complexity index is 267. The zero-order chi connectivity index (χ0) is 13.1. The van der Waals surface area contributed by atoms with Gasteiger partial charge in [-0.2, -0.15) is 0 Å². The van der Waals surface area contributed by atoms with Crippen LogP contribution in [0.15, 0.2) is 0 Å². The molecule has 0 aromatic carbocycles. The van der Waals surface area contributed by atoms with Crippen LogP contribution in [0.5, 0.6) is 0 Å². The third-order valence-corrected chi connectivity index (χ3v) is 4.18. The summed E-state index contributed by atoms with van der Waals surface area (Å²) in [4.78, 5) is 14.6. The Hall–Kier alpha value is -0.570. The van der Waals surface area contributed by atoms with E-state index in [1.54, 1.807) is 0 Å². The molecule has 3 atom stereocenters. The van der Waals surface area contributed by atoms with Gasteiger partial charge in [-0.1, -0.05) is 26.7 Å². The van der Waals surface area contributed by atoms with Crippen molar-refractivity contribution in [3.63, 3.8) is 0 Å². The van der Waals surface area contributed by atoms with Gasteiger partial charge >= 0.3 is 0 Å². The maximum atomic E-state index is 12.6. The average molecular weight is 240 g/mol. The molecule has 0 aromatic rings. The molecule has 17 heavy (non-hydrogen) atoms. The third kappa shape index (κ3) is 3.21. The molecule has 0 aromatic heterocycles. The van der Waals surface area contributed by atoms with E-state index in [-0.39, 0.29) is 5.91 Å². The highest BCUT2D eigenvalue weighted by molar-refractivity contribution is 5.86. The van der Waals surface area contributed by atoms with Gasteiger partial charge in [-0.25, -0.2) is 0 Å². The molecular weight excluding hydrogens is 212 g/mol. The molecule has 3 heteroatoms. The van der Waals surface area contributed by atoms with E-state index in [2.05, 4.69) is 20.8 Å². The highest BCUT2D eigenvalue weighted by Crippen LogP contribution is 2.32. The van der Waals surface area contributed by atoms with Crippen LogP contribution in [0.2, 0.25) is 0 Å². The van der Waals surface area contributed by atoms with Crippen molar-refractivity contribution >= 4 is 5.91 Å². The first-order valence-corrected chi connectivity index (χ1v) is 7.04. The molecule has 1 rings (SSSR count). The Morgan fingerprint density at radius 3 is 2.65 bits per heavy atom. The molecule has 100 valence electrons. The summed E-state index contributed by atoms with van der Waals surface area (Å²) >= 11 is 0. The van der Waals surface area contributed by atoms with Crippen molar-refractivity contribution in [2.45, 2.75) is 71.4 Å². The van der Waals surface area contributed by atoms with E-state index in [1.165, 1.54) is 6.42 Å². The van der Waals surface area contributed by atoms with E-state index in [0.717, 1.165) is 32.2 Å². The van der Waals surface area contributed by atoms with Gasteiger partial charge in [-0.05, 0) is 39.0 Å². The molecule has 1 fully saturated rings. The minimum Gasteiger partial charge on any atom is -0.339 e. The van der Waals surface area contributed by atoms with Gasteiger partial charge in [-0.15, -0.1) is 0 Å². The zero-order valence-electron chi connectivity index (χ0n) is 11.8. The van der Waals surface area contributed by atoms with E-state index < -0.39 is 5.54 Å². The van der Waals surface area contributed by atoms with Crippen LogP contribution >= 0.6 is 0 Å². The smallest absolute Gasteiger partial charge is 0.242 e. The van der Waals surface area contributed by atoms with Crippen molar-refractivity contribution in [2.75, 3.05) is 6.54 Å². The van der Waals surface area contributed by atoms with Crippen LogP contribution in [-0.4, -0.2) is 28.9 Å². The molecule has 1 aliphatic rings. The predicted molar refractivity (Wildman–Crippen MR) is 71.7 cm³/mol. The van der Waals surface area contributed by atoms with Crippen LogP contribution in [0.25, 0.3) is 0 Å². The summed E-state index contributed by atoms with van der Waals surface area (Å²) in [5, 5.41) is 0. The first-order chi connectivity index (χ1) is 7.94. The largest absolute Gasteiger partial charge is 0.339 e. The first-order valence-electron chi connectivity index (χ1n) is 7.04. The molecule has 1 saturated carbocycles. The van der Waals surface area contributed by atoms with E-state index in [1.807, 2.05) is 11.8 Å². The molecule has 1 aliphatic carbocycles. The quantitative estimate of drug-likeness (QED) is 0.821. The summed E-state index contributed by atoms with van der Waals surface area (Å²) in [5.41, 5.74) is 5.77. The molecular formula is C14H28N2O. The van der Waals surface area contributed by atoms with Crippen LogP contribution in [0.3, 0.4) is 0 Å². The van der Waals surface area contributed by atoms with Crippen molar-refractivity contribution in [1.82, 2.24) is 4.90 Å². The Morgan fingerprint density at radius 1 is 1.53 bits per heavy atom. The minimum atomic E-state index is -0.600. The fourth-order valence-corrected chi connectivity index (χ4v) is 2.95. The minimum absolute atomic E-state index is 0.168. The highest BCUT2D eigenvalue weighted by atomic mass is 16.2. The number of likely N-dealkylation sites (N-methyl/N-ethyl adjacent to an activating group) is 1. The maximum absolute atomic E-state index is 12.6. The molecule has 0 aliphatic heterocycles. The van der Waals surface area contributed by atoms with E-state index >= 15 is 0 Å².